The number of primary amides is 1. The summed E-state index contributed by atoms with van der Waals surface area (Å²) in [6.45, 7) is 0. The molecule has 3 heteroatoms. The summed E-state index contributed by atoms with van der Waals surface area (Å²) in [5.74, 6) is -0.579. The molecule has 1 amide bonds. The van der Waals surface area contributed by atoms with Crippen molar-refractivity contribution in [1.29, 1.82) is 0 Å². The zero-order chi connectivity index (χ0) is 13.2. The highest BCUT2D eigenvalue weighted by atomic mass is 16.2. The van der Waals surface area contributed by atoms with Crippen molar-refractivity contribution in [3.8, 4) is 11.1 Å². The van der Waals surface area contributed by atoms with Gasteiger partial charge in [-0.1, -0.05) is 60.7 Å². The van der Waals surface area contributed by atoms with E-state index in [4.69, 9.17) is 0 Å². The van der Waals surface area contributed by atoms with E-state index in [0.717, 1.165) is 0 Å². The molecule has 0 saturated heterocycles. The maximum absolute atomic E-state index is 9.59. The molecule has 0 unspecified atom stereocenters. The Morgan fingerprint density at radius 2 is 1.28 bits per heavy atom. The van der Waals surface area contributed by atoms with Crippen molar-refractivity contribution >= 4 is 12.2 Å². The number of amides is 1. The molecule has 2 aromatic rings. The molecule has 0 aliphatic heterocycles. The number of hydrogen-bond acceptors (Lipinski definition) is 2. The van der Waals surface area contributed by atoms with Gasteiger partial charge in [-0.3, -0.25) is 4.79 Å². The van der Waals surface area contributed by atoms with E-state index in [1.54, 1.807) is 0 Å². The molecule has 0 spiro atoms. The molecule has 2 N–H and O–H groups in total. The number of nitrogens with two attached hydrogens (primary N) is 1. The van der Waals surface area contributed by atoms with E-state index in [1.165, 1.54) is 11.1 Å². The van der Waals surface area contributed by atoms with E-state index < -0.39 is 5.91 Å². The van der Waals surface area contributed by atoms with Crippen LogP contribution >= 0.6 is 0 Å². The van der Waals surface area contributed by atoms with Crippen molar-refractivity contribution in [3.05, 3.63) is 60.7 Å². The highest BCUT2D eigenvalue weighted by Crippen LogP contribution is 2.17. The Labute approximate surface area is 106 Å². The van der Waals surface area contributed by atoms with Crippen LogP contribution in [-0.2, 0) is 9.59 Å². The van der Waals surface area contributed by atoms with E-state index in [9.17, 15) is 9.59 Å². The SMILES string of the molecule is NC(=O)CC=O.c1ccc(-c2ccccc2)cc1. The molecular weight excluding hydrogens is 226 g/mol. The number of rotatable bonds is 3. The van der Waals surface area contributed by atoms with Gasteiger partial charge in [-0.25, -0.2) is 0 Å². The molecule has 0 aliphatic rings. The lowest BCUT2D eigenvalue weighted by Crippen LogP contribution is -2.09. The minimum atomic E-state index is -0.579. The van der Waals surface area contributed by atoms with Crippen LogP contribution in [0.5, 0.6) is 0 Å². The summed E-state index contributed by atoms with van der Waals surface area (Å²) in [7, 11) is 0. The van der Waals surface area contributed by atoms with Crippen LogP contribution in [0, 0.1) is 0 Å². The van der Waals surface area contributed by atoms with E-state index in [1.807, 2.05) is 12.1 Å². The molecular formula is C15H15NO2. The number of aldehydes is 1. The van der Waals surface area contributed by atoms with Gasteiger partial charge in [0.1, 0.15) is 6.29 Å². The Kier molecular flexibility index (Phi) is 5.90. The van der Waals surface area contributed by atoms with Gasteiger partial charge in [-0.15, -0.1) is 0 Å². The molecule has 2 rings (SSSR count). The number of carbonyl (C=O) groups excluding carboxylic acids is 2. The second-order valence-corrected chi connectivity index (χ2v) is 3.57. The van der Waals surface area contributed by atoms with Crippen LogP contribution in [0.15, 0.2) is 60.7 Å². The number of carbonyl (C=O) groups is 2. The number of benzene rings is 2. The van der Waals surface area contributed by atoms with Crippen LogP contribution in [0.3, 0.4) is 0 Å². The minimum Gasteiger partial charge on any atom is -0.369 e. The lowest BCUT2D eigenvalue weighted by Gasteiger charge is -1.98. The van der Waals surface area contributed by atoms with E-state index in [0.29, 0.717) is 6.29 Å². The fraction of sp³-hybridized carbons (Fsp3) is 0.0667. The van der Waals surface area contributed by atoms with Crippen LogP contribution < -0.4 is 5.73 Å². The predicted molar refractivity (Wildman–Crippen MR) is 71.8 cm³/mol. The van der Waals surface area contributed by atoms with Gasteiger partial charge in [-0.05, 0) is 11.1 Å². The summed E-state index contributed by atoms with van der Waals surface area (Å²) in [5.41, 5.74) is 7.08. The molecule has 3 nitrogen and oxygen atoms in total. The molecule has 0 bridgehead atoms. The van der Waals surface area contributed by atoms with Crippen molar-refractivity contribution in [2.24, 2.45) is 5.73 Å². The van der Waals surface area contributed by atoms with Crippen molar-refractivity contribution in [2.45, 2.75) is 6.42 Å². The van der Waals surface area contributed by atoms with Crippen molar-refractivity contribution in [1.82, 2.24) is 0 Å². The maximum atomic E-state index is 9.59. The molecule has 0 aliphatic carbocycles. The second kappa shape index (κ2) is 7.79. The molecule has 0 aromatic heterocycles. The highest BCUT2D eigenvalue weighted by Gasteiger charge is 1.91. The van der Waals surface area contributed by atoms with Gasteiger partial charge in [0.15, 0.2) is 0 Å². The first-order chi connectivity index (χ1) is 8.74. The second-order valence-electron chi connectivity index (χ2n) is 3.57. The predicted octanol–water partition coefficient (Wildman–Crippen LogP) is 2.41. The first kappa shape index (κ1) is 13.6. The molecule has 0 fully saturated rings. The third kappa shape index (κ3) is 5.07. The average Bonchev–Trinajstić information content (AvgIpc) is 2.41. The fourth-order valence-corrected chi connectivity index (χ4v) is 1.34. The van der Waals surface area contributed by atoms with E-state index >= 15 is 0 Å². The zero-order valence-corrected chi connectivity index (χ0v) is 9.95. The molecule has 0 heterocycles. The Morgan fingerprint density at radius 1 is 0.889 bits per heavy atom. The Hall–Kier alpha value is -2.42. The van der Waals surface area contributed by atoms with Crippen molar-refractivity contribution < 1.29 is 9.59 Å². The lowest BCUT2D eigenvalue weighted by molar-refractivity contribution is -0.121. The Bertz CT molecular complexity index is 443. The van der Waals surface area contributed by atoms with E-state index in [2.05, 4.69) is 54.3 Å². The third-order valence-electron chi connectivity index (χ3n) is 2.17. The highest BCUT2D eigenvalue weighted by molar-refractivity contribution is 5.86. The Morgan fingerprint density at radius 3 is 1.50 bits per heavy atom. The first-order valence-corrected chi connectivity index (χ1v) is 5.56. The van der Waals surface area contributed by atoms with Gasteiger partial charge in [-0.2, -0.15) is 0 Å². The van der Waals surface area contributed by atoms with Gasteiger partial charge in [0.2, 0.25) is 5.91 Å². The third-order valence-corrected chi connectivity index (χ3v) is 2.17. The van der Waals surface area contributed by atoms with Gasteiger partial charge < -0.3 is 10.5 Å². The van der Waals surface area contributed by atoms with Crippen LogP contribution in [0.2, 0.25) is 0 Å². The largest absolute Gasteiger partial charge is 0.369 e. The van der Waals surface area contributed by atoms with Gasteiger partial charge >= 0.3 is 0 Å². The van der Waals surface area contributed by atoms with Gasteiger partial charge in [0.25, 0.3) is 0 Å². The van der Waals surface area contributed by atoms with E-state index in [-0.39, 0.29) is 6.42 Å². The standard InChI is InChI=1S/C12H10.C3H5NO2/c1-3-7-11(8-4-1)12-9-5-2-6-10-12;4-3(6)1-2-5/h1-10H;2H,1H2,(H2,4,6). The fourth-order valence-electron chi connectivity index (χ4n) is 1.34. The van der Waals surface area contributed by atoms with Gasteiger partial charge in [0, 0.05) is 0 Å². The average molecular weight is 241 g/mol. The molecule has 0 saturated carbocycles. The summed E-state index contributed by atoms with van der Waals surface area (Å²) in [6, 6.07) is 20.8. The molecule has 2 aromatic carbocycles. The zero-order valence-electron chi connectivity index (χ0n) is 9.95. The van der Waals surface area contributed by atoms with Crippen LogP contribution in [0.1, 0.15) is 6.42 Å². The summed E-state index contributed by atoms with van der Waals surface area (Å²) >= 11 is 0. The molecule has 0 atom stereocenters. The molecule has 18 heavy (non-hydrogen) atoms. The summed E-state index contributed by atoms with van der Waals surface area (Å²) in [4.78, 5) is 18.9. The smallest absolute Gasteiger partial charge is 0.224 e. The molecule has 0 radical (unpaired) electrons. The maximum Gasteiger partial charge on any atom is 0.224 e. The van der Waals surface area contributed by atoms with Crippen molar-refractivity contribution in [3.63, 3.8) is 0 Å². The summed E-state index contributed by atoms with van der Waals surface area (Å²) in [5, 5.41) is 0. The quantitative estimate of drug-likeness (QED) is 0.662. The number of hydrogen-bond donors (Lipinski definition) is 1. The van der Waals surface area contributed by atoms with Crippen LogP contribution in [0.25, 0.3) is 11.1 Å². The monoisotopic (exact) mass is 241 g/mol. The summed E-state index contributed by atoms with van der Waals surface area (Å²) < 4.78 is 0. The topological polar surface area (TPSA) is 60.2 Å². The lowest BCUT2D eigenvalue weighted by atomic mass is 10.1. The van der Waals surface area contributed by atoms with Gasteiger partial charge in [0.05, 0.1) is 6.42 Å². The molecule has 92 valence electrons. The van der Waals surface area contributed by atoms with Crippen molar-refractivity contribution in [2.75, 3.05) is 0 Å². The van der Waals surface area contributed by atoms with Crippen LogP contribution in [-0.4, -0.2) is 12.2 Å². The first-order valence-electron chi connectivity index (χ1n) is 5.56. The summed E-state index contributed by atoms with van der Waals surface area (Å²) in [6.07, 6.45) is 0.308. The van der Waals surface area contributed by atoms with Crippen LogP contribution in [0.4, 0.5) is 0 Å². The Balaban J connectivity index is 0.000000232. The normalized spacial score (nSPS) is 8.89. The minimum absolute atomic E-state index is 0.167.